The van der Waals surface area contributed by atoms with E-state index in [9.17, 15) is 9.59 Å². The van der Waals surface area contributed by atoms with Gasteiger partial charge in [0.15, 0.2) is 0 Å². The third-order valence-electron chi connectivity index (χ3n) is 5.47. The molecule has 1 heterocycles. The lowest BCUT2D eigenvalue weighted by atomic mass is 9.93. The molecule has 1 fully saturated rings. The van der Waals surface area contributed by atoms with Crippen LogP contribution in [0, 0.1) is 19.8 Å². The number of nitrogens with one attached hydrogen (secondary N) is 2. The molecule has 1 saturated heterocycles. The van der Waals surface area contributed by atoms with Crippen LogP contribution in [0.2, 0.25) is 0 Å². The molecule has 29 heavy (non-hydrogen) atoms. The predicted molar refractivity (Wildman–Crippen MR) is 117 cm³/mol. The SMILES string of the molecule is Cc1ccc(CNC(=O)CC[C@H]2CCCN(C(=O)Nc3cccc(C)c3)C2)cc1. The van der Waals surface area contributed by atoms with E-state index in [4.69, 9.17) is 0 Å². The van der Waals surface area contributed by atoms with Crippen molar-refractivity contribution >= 4 is 17.6 Å². The van der Waals surface area contributed by atoms with Gasteiger partial charge < -0.3 is 15.5 Å². The standard InChI is InChI=1S/C24H31N3O2/c1-18-8-10-20(11-9-18)16-25-23(28)13-12-21-6-4-14-27(17-21)24(29)26-22-7-3-5-19(2)15-22/h3,5,7-11,15,21H,4,6,12-14,16-17H2,1-2H3,(H,25,28)(H,26,29)/t21-/m1/s1. The molecule has 2 aromatic carbocycles. The van der Waals surface area contributed by atoms with Crippen LogP contribution in [-0.4, -0.2) is 29.9 Å². The molecule has 0 aliphatic carbocycles. The van der Waals surface area contributed by atoms with Crippen LogP contribution < -0.4 is 10.6 Å². The smallest absolute Gasteiger partial charge is 0.321 e. The minimum Gasteiger partial charge on any atom is -0.352 e. The van der Waals surface area contributed by atoms with Crippen LogP contribution in [0.1, 0.15) is 42.4 Å². The molecule has 0 aromatic heterocycles. The van der Waals surface area contributed by atoms with Crippen molar-refractivity contribution in [1.29, 1.82) is 0 Å². The van der Waals surface area contributed by atoms with Crippen LogP contribution in [0.3, 0.4) is 0 Å². The Morgan fingerprint density at radius 3 is 2.62 bits per heavy atom. The van der Waals surface area contributed by atoms with Gasteiger partial charge in [-0.15, -0.1) is 0 Å². The second-order valence-corrected chi connectivity index (χ2v) is 8.05. The summed E-state index contributed by atoms with van der Waals surface area (Å²) >= 11 is 0. The van der Waals surface area contributed by atoms with E-state index in [-0.39, 0.29) is 11.9 Å². The third kappa shape index (κ3) is 6.63. The number of carbonyl (C=O) groups excluding carboxylic acids is 2. The topological polar surface area (TPSA) is 61.4 Å². The normalized spacial score (nSPS) is 16.3. The number of carbonyl (C=O) groups is 2. The van der Waals surface area contributed by atoms with Crippen LogP contribution in [0.4, 0.5) is 10.5 Å². The number of aryl methyl sites for hydroxylation is 2. The van der Waals surface area contributed by atoms with Gasteiger partial charge >= 0.3 is 6.03 Å². The maximum absolute atomic E-state index is 12.6. The second kappa shape index (κ2) is 10.1. The summed E-state index contributed by atoms with van der Waals surface area (Å²) in [5, 5.41) is 5.99. The van der Waals surface area contributed by atoms with Crippen molar-refractivity contribution < 1.29 is 9.59 Å². The highest BCUT2D eigenvalue weighted by molar-refractivity contribution is 5.89. The number of piperidine rings is 1. The van der Waals surface area contributed by atoms with E-state index in [0.29, 0.717) is 25.4 Å². The average Bonchev–Trinajstić information content (AvgIpc) is 2.72. The Bertz CT molecular complexity index is 832. The summed E-state index contributed by atoms with van der Waals surface area (Å²) in [5.41, 5.74) is 4.28. The van der Waals surface area contributed by atoms with E-state index < -0.39 is 0 Å². The van der Waals surface area contributed by atoms with Crippen molar-refractivity contribution in [1.82, 2.24) is 10.2 Å². The number of hydrogen-bond donors (Lipinski definition) is 2. The van der Waals surface area contributed by atoms with Crippen molar-refractivity contribution in [2.24, 2.45) is 5.92 Å². The minimum atomic E-state index is -0.0517. The molecule has 1 aliphatic rings. The van der Waals surface area contributed by atoms with Gasteiger partial charge in [0.25, 0.3) is 0 Å². The molecule has 3 rings (SSSR count). The summed E-state index contributed by atoms with van der Waals surface area (Å²) in [7, 11) is 0. The molecule has 5 heteroatoms. The van der Waals surface area contributed by atoms with Gasteiger partial charge in [-0.05, 0) is 62.3 Å². The molecule has 1 atom stereocenters. The molecule has 154 valence electrons. The van der Waals surface area contributed by atoms with Crippen LogP contribution in [-0.2, 0) is 11.3 Å². The third-order valence-corrected chi connectivity index (χ3v) is 5.47. The number of rotatable bonds is 6. The first-order valence-electron chi connectivity index (χ1n) is 10.4. The lowest BCUT2D eigenvalue weighted by Gasteiger charge is -2.32. The Hall–Kier alpha value is -2.82. The Morgan fingerprint density at radius 2 is 1.86 bits per heavy atom. The van der Waals surface area contributed by atoms with Gasteiger partial charge in [0, 0.05) is 31.7 Å². The Labute approximate surface area is 173 Å². The van der Waals surface area contributed by atoms with Crippen LogP contribution in [0.5, 0.6) is 0 Å². The molecule has 3 amide bonds. The Balaban J connectivity index is 1.41. The van der Waals surface area contributed by atoms with E-state index in [2.05, 4.69) is 29.7 Å². The molecule has 1 aliphatic heterocycles. The highest BCUT2D eigenvalue weighted by Gasteiger charge is 2.24. The van der Waals surface area contributed by atoms with Gasteiger partial charge in [-0.2, -0.15) is 0 Å². The molecule has 0 unspecified atom stereocenters. The number of hydrogen-bond acceptors (Lipinski definition) is 2. The fraction of sp³-hybridized carbons (Fsp3) is 0.417. The van der Waals surface area contributed by atoms with E-state index in [1.165, 1.54) is 5.56 Å². The zero-order valence-electron chi connectivity index (χ0n) is 17.4. The van der Waals surface area contributed by atoms with Crippen molar-refractivity contribution in [2.75, 3.05) is 18.4 Å². The largest absolute Gasteiger partial charge is 0.352 e. The van der Waals surface area contributed by atoms with Gasteiger partial charge in [0.2, 0.25) is 5.91 Å². The number of urea groups is 1. The van der Waals surface area contributed by atoms with E-state index in [0.717, 1.165) is 42.6 Å². The lowest BCUT2D eigenvalue weighted by Crippen LogP contribution is -2.42. The zero-order valence-corrected chi connectivity index (χ0v) is 17.4. The number of anilines is 1. The molecule has 5 nitrogen and oxygen atoms in total. The Kier molecular flexibility index (Phi) is 7.28. The summed E-state index contributed by atoms with van der Waals surface area (Å²) in [6.45, 7) is 6.11. The zero-order chi connectivity index (χ0) is 20.6. The van der Waals surface area contributed by atoms with Crippen LogP contribution in [0.25, 0.3) is 0 Å². The average molecular weight is 394 g/mol. The first kappa shape index (κ1) is 20.9. The fourth-order valence-corrected chi connectivity index (χ4v) is 3.74. The van der Waals surface area contributed by atoms with Gasteiger partial charge in [-0.1, -0.05) is 42.0 Å². The van der Waals surface area contributed by atoms with Gasteiger partial charge in [-0.3, -0.25) is 4.79 Å². The van der Waals surface area contributed by atoms with Crippen molar-refractivity contribution in [3.05, 3.63) is 65.2 Å². The molecule has 0 saturated carbocycles. The highest BCUT2D eigenvalue weighted by Crippen LogP contribution is 2.22. The molecule has 0 radical (unpaired) electrons. The molecule has 2 N–H and O–H groups in total. The van der Waals surface area contributed by atoms with E-state index in [1.54, 1.807) is 0 Å². The lowest BCUT2D eigenvalue weighted by molar-refractivity contribution is -0.121. The van der Waals surface area contributed by atoms with Crippen molar-refractivity contribution in [2.45, 2.75) is 46.1 Å². The fourth-order valence-electron chi connectivity index (χ4n) is 3.74. The first-order chi connectivity index (χ1) is 14.0. The van der Waals surface area contributed by atoms with Gasteiger partial charge in [0.1, 0.15) is 0 Å². The predicted octanol–water partition coefficient (Wildman–Crippen LogP) is 4.64. The number of likely N-dealkylation sites (tertiary alicyclic amines) is 1. The highest BCUT2D eigenvalue weighted by atomic mass is 16.2. The maximum atomic E-state index is 12.6. The molecular weight excluding hydrogens is 362 g/mol. The van der Waals surface area contributed by atoms with Crippen molar-refractivity contribution in [3.8, 4) is 0 Å². The quantitative estimate of drug-likeness (QED) is 0.751. The summed E-state index contributed by atoms with van der Waals surface area (Å²) in [5.74, 6) is 0.448. The summed E-state index contributed by atoms with van der Waals surface area (Å²) < 4.78 is 0. The first-order valence-corrected chi connectivity index (χ1v) is 10.4. The molecule has 0 spiro atoms. The second-order valence-electron chi connectivity index (χ2n) is 8.05. The molecule has 2 aromatic rings. The summed E-state index contributed by atoms with van der Waals surface area (Å²) in [4.78, 5) is 26.7. The summed E-state index contributed by atoms with van der Waals surface area (Å²) in [6, 6.07) is 16.0. The summed E-state index contributed by atoms with van der Waals surface area (Å²) in [6.07, 6.45) is 3.37. The molecular formula is C24H31N3O2. The Morgan fingerprint density at radius 1 is 1.07 bits per heavy atom. The monoisotopic (exact) mass is 393 g/mol. The number of benzene rings is 2. The number of nitrogens with zero attached hydrogens (tertiary/aromatic N) is 1. The van der Waals surface area contributed by atoms with Gasteiger partial charge in [-0.25, -0.2) is 4.79 Å². The van der Waals surface area contributed by atoms with E-state index in [1.807, 2.05) is 48.2 Å². The number of amides is 3. The van der Waals surface area contributed by atoms with Gasteiger partial charge in [0.05, 0.1) is 0 Å². The maximum Gasteiger partial charge on any atom is 0.321 e. The van der Waals surface area contributed by atoms with Crippen LogP contribution in [0.15, 0.2) is 48.5 Å². The molecule has 0 bridgehead atoms. The minimum absolute atomic E-state index is 0.0517. The van der Waals surface area contributed by atoms with Crippen LogP contribution >= 0.6 is 0 Å². The van der Waals surface area contributed by atoms with E-state index >= 15 is 0 Å². The van der Waals surface area contributed by atoms with Crippen molar-refractivity contribution in [3.63, 3.8) is 0 Å².